The lowest BCUT2D eigenvalue weighted by Crippen LogP contribution is -2.32. The Morgan fingerprint density at radius 3 is 2.32 bits per heavy atom. The molecule has 0 bridgehead atoms. The Morgan fingerprint density at radius 1 is 1.00 bits per heavy atom. The average molecular weight is 564 g/mol. The van der Waals surface area contributed by atoms with Crippen LogP contribution in [0.5, 0.6) is 5.75 Å². The first-order chi connectivity index (χ1) is 17.8. The predicted octanol–water partition coefficient (Wildman–Crippen LogP) is 5.26. The summed E-state index contributed by atoms with van der Waals surface area (Å²) in [5, 5.41) is 5.73. The fourth-order valence-corrected chi connectivity index (χ4v) is 4.35. The number of carbonyl (C=O) groups excluding carboxylic acids is 3. The number of halogens is 1. The van der Waals surface area contributed by atoms with Crippen molar-refractivity contribution in [1.82, 2.24) is 5.32 Å². The Morgan fingerprint density at radius 2 is 1.68 bits per heavy atom. The van der Waals surface area contributed by atoms with E-state index in [1.807, 2.05) is 24.3 Å². The Labute approximate surface area is 225 Å². The number of carbonyl (C=O) groups is 3. The number of rotatable bonds is 9. The van der Waals surface area contributed by atoms with Crippen molar-refractivity contribution in [3.05, 3.63) is 88.4 Å². The maximum absolute atomic E-state index is 12.7. The number of benzene rings is 3. The number of amides is 3. The summed E-state index contributed by atoms with van der Waals surface area (Å²) in [5.41, 5.74) is 3.66. The number of nitrogens with one attached hydrogen (secondary N) is 2. The molecule has 0 spiro atoms. The molecule has 1 atom stereocenters. The molecule has 8 heteroatoms. The third-order valence-electron chi connectivity index (χ3n) is 6.26. The molecule has 1 saturated heterocycles. The monoisotopic (exact) mass is 563 g/mol. The molecule has 0 aliphatic carbocycles. The first-order valence-corrected chi connectivity index (χ1v) is 13.0. The molecule has 3 amide bonds. The van der Waals surface area contributed by atoms with Gasteiger partial charge in [0.15, 0.2) is 6.61 Å². The summed E-state index contributed by atoms with van der Waals surface area (Å²) >= 11 is 3.36. The van der Waals surface area contributed by atoms with Gasteiger partial charge in [0.1, 0.15) is 5.75 Å². The van der Waals surface area contributed by atoms with Crippen LogP contribution in [0.2, 0.25) is 0 Å². The van der Waals surface area contributed by atoms with E-state index >= 15 is 0 Å². The minimum absolute atomic E-state index is 0.0935. The second-order valence-corrected chi connectivity index (χ2v) is 10.3. The average Bonchev–Trinajstić information content (AvgIpc) is 3.29. The molecule has 37 heavy (non-hydrogen) atoms. The molecule has 0 saturated carbocycles. The van der Waals surface area contributed by atoms with Crippen LogP contribution in [0.25, 0.3) is 0 Å². The third-order valence-corrected chi connectivity index (χ3v) is 6.78. The zero-order valence-corrected chi connectivity index (χ0v) is 22.5. The maximum Gasteiger partial charge on any atom is 0.262 e. The largest absolute Gasteiger partial charge is 0.484 e. The fraction of sp³-hybridized carbons (Fsp3) is 0.276. The predicted molar refractivity (Wildman–Crippen MR) is 148 cm³/mol. The van der Waals surface area contributed by atoms with Gasteiger partial charge in [-0.2, -0.15) is 0 Å². The first kappa shape index (κ1) is 26.4. The van der Waals surface area contributed by atoms with E-state index in [9.17, 15) is 14.4 Å². The van der Waals surface area contributed by atoms with Crippen LogP contribution < -0.4 is 20.3 Å². The third kappa shape index (κ3) is 7.20. The molecule has 1 heterocycles. The van der Waals surface area contributed by atoms with Gasteiger partial charge in [-0.1, -0.05) is 54.0 Å². The van der Waals surface area contributed by atoms with Gasteiger partial charge < -0.3 is 20.3 Å². The summed E-state index contributed by atoms with van der Waals surface area (Å²) in [6.07, 6.45) is 0.173. The summed E-state index contributed by atoms with van der Waals surface area (Å²) in [7, 11) is 0. The quantitative estimate of drug-likeness (QED) is 0.371. The molecule has 0 unspecified atom stereocenters. The minimum atomic E-state index is -0.402. The Kier molecular flexibility index (Phi) is 8.61. The van der Waals surface area contributed by atoms with Crippen LogP contribution in [0.4, 0.5) is 11.4 Å². The minimum Gasteiger partial charge on any atom is -0.484 e. The molecule has 3 aromatic carbocycles. The van der Waals surface area contributed by atoms with E-state index in [1.54, 1.807) is 41.3 Å². The van der Waals surface area contributed by atoms with Gasteiger partial charge in [0.25, 0.3) is 5.91 Å². The highest BCUT2D eigenvalue weighted by Crippen LogP contribution is 2.27. The molecule has 1 aliphatic rings. The summed E-state index contributed by atoms with van der Waals surface area (Å²) in [4.78, 5) is 39.1. The highest BCUT2D eigenvalue weighted by atomic mass is 79.9. The number of ether oxygens (including phenoxy) is 1. The van der Waals surface area contributed by atoms with Crippen LogP contribution in [-0.4, -0.2) is 30.9 Å². The number of hydrogen-bond acceptors (Lipinski definition) is 4. The van der Waals surface area contributed by atoms with Crippen molar-refractivity contribution in [1.29, 1.82) is 0 Å². The molecule has 7 nitrogen and oxygen atoms in total. The lowest BCUT2D eigenvalue weighted by molar-refractivity contribution is -0.126. The summed E-state index contributed by atoms with van der Waals surface area (Å²) < 4.78 is 6.50. The molecule has 3 aromatic rings. The molecular formula is C29H30BrN3O4. The van der Waals surface area contributed by atoms with E-state index in [2.05, 4.69) is 52.5 Å². The van der Waals surface area contributed by atoms with Crippen LogP contribution >= 0.6 is 15.9 Å². The van der Waals surface area contributed by atoms with Crippen molar-refractivity contribution in [2.45, 2.75) is 32.7 Å². The highest BCUT2D eigenvalue weighted by molar-refractivity contribution is 9.10. The van der Waals surface area contributed by atoms with Gasteiger partial charge in [-0.3, -0.25) is 14.4 Å². The first-order valence-electron chi connectivity index (χ1n) is 12.2. The summed E-state index contributed by atoms with van der Waals surface area (Å²) in [6.45, 7) is 4.91. The molecule has 4 rings (SSSR count). The van der Waals surface area contributed by atoms with E-state index in [4.69, 9.17) is 4.74 Å². The summed E-state index contributed by atoms with van der Waals surface area (Å²) in [6, 6.07) is 22.4. The van der Waals surface area contributed by atoms with Gasteiger partial charge in [0, 0.05) is 35.4 Å². The van der Waals surface area contributed by atoms with Gasteiger partial charge in [-0.05, 0) is 65.6 Å². The SMILES string of the molecule is CC(C)c1ccc(CNC(=O)[C@@H]2CC(=O)N(c3ccc(OCC(=O)Nc4ccc(Br)cc4)cc3)C2)cc1. The fourth-order valence-electron chi connectivity index (χ4n) is 4.09. The zero-order valence-electron chi connectivity index (χ0n) is 20.9. The lowest BCUT2D eigenvalue weighted by atomic mass is 10.0. The Bertz CT molecular complexity index is 1240. The maximum atomic E-state index is 12.7. The zero-order chi connectivity index (χ0) is 26.4. The Hall–Kier alpha value is -3.65. The molecule has 0 radical (unpaired) electrons. The van der Waals surface area contributed by atoms with Crippen LogP contribution in [0.15, 0.2) is 77.3 Å². The standard InChI is InChI=1S/C29H30BrN3O4/c1-19(2)21-5-3-20(4-6-21)16-31-29(36)22-15-28(35)33(17-22)25-11-13-26(14-12-25)37-18-27(34)32-24-9-7-23(30)8-10-24/h3-14,19,22H,15-18H2,1-2H3,(H,31,36)(H,32,34)/t22-/m1/s1. The van der Waals surface area contributed by atoms with Crippen LogP contribution in [0, 0.1) is 5.92 Å². The molecule has 192 valence electrons. The number of nitrogens with zero attached hydrogens (tertiary/aromatic N) is 1. The molecule has 2 N–H and O–H groups in total. The van der Waals surface area contributed by atoms with E-state index in [-0.39, 0.29) is 30.7 Å². The Balaban J connectivity index is 1.25. The molecule has 1 aliphatic heterocycles. The van der Waals surface area contributed by atoms with E-state index in [0.717, 1.165) is 10.0 Å². The van der Waals surface area contributed by atoms with Crippen molar-refractivity contribution in [3.8, 4) is 5.75 Å². The summed E-state index contributed by atoms with van der Waals surface area (Å²) in [5.74, 6) is 0.0806. The van der Waals surface area contributed by atoms with Crippen molar-refractivity contribution in [2.24, 2.45) is 5.92 Å². The van der Waals surface area contributed by atoms with E-state index in [0.29, 0.717) is 36.1 Å². The lowest BCUT2D eigenvalue weighted by Gasteiger charge is -2.17. The van der Waals surface area contributed by atoms with Crippen molar-refractivity contribution >= 4 is 45.0 Å². The molecule has 0 aromatic heterocycles. The normalized spacial score (nSPS) is 15.1. The van der Waals surface area contributed by atoms with Gasteiger partial charge in [-0.25, -0.2) is 0 Å². The second kappa shape index (κ2) is 12.1. The molecular weight excluding hydrogens is 534 g/mol. The smallest absolute Gasteiger partial charge is 0.262 e. The van der Waals surface area contributed by atoms with Crippen LogP contribution in [0.1, 0.15) is 37.3 Å². The highest BCUT2D eigenvalue weighted by Gasteiger charge is 2.35. The van der Waals surface area contributed by atoms with Gasteiger partial charge in [0.2, 0.25) is 11.8 Å². The number of hydrogen-bond donors (Lipinski definition) is 2. The van der Waals surface area contributed by atoms with Crippen LogP contribution in [-0.2, 0) is 20.9 Å². The topological polar surface area (TPSA) is 87.7 Å². The van der Waals surface area contributed by atoms with Crippen molar-refractivity contribution < 1.29 is 19.1 Å². The van der Waals surface area contributed by atoms with Crippen molar-refractivity contribution in [3.63, 3.8) is 0 Å². The number of anilines is 2. The van der Waals surface area contributed by atoms with Gasteiger partial charge >= 0.3 is 0 Å². The van der Waals surface area contributed by atoms with Crippen LogP contribution in [0.3, 0.4) is 0 Å². The van der Waals surface area contributed by atoms with Gasteiger partial charge in [-0.15, -0.1) is 0 Å². The van der Waals surface area contributed by atoms with Crippen molar-refractivity contribution in [2.75, 3.05) is 23.4 Å². The van der Waals surface area contributed by atoms with E-state index in [1.165, 1.54) is 5.56 Å². The molecule has 1 fully saturated rings. The second-order valence-electron chi connectivity index (χ2n) is 9.36. The van der Waals surface area contributed by atoms with Gasteiger partial charge in [0.05, 0.1) is 5.92 Å². The van der Waals surface area contributed by atoms with E-state index < -0.39 is 5.92 Å².